The largest absolute Gasteiger partial charge is 0.390 e. The zero-order valence-electron chi connectivity index (χ0n) is 15.9. The molecule has 5 rings (SSSR count). The molecule has 2 amide bonds. The van der Waals surface area contributed by atoms with Gasteiger partial charge in [0, 0.05) is 24.7 Å². The molecule has 27 heavy (non-hydrogen) atoms. The van der Waals surface area contributed by atoms with Crippen LogP contribution >= 0.6 is 0 Å². The third-order valence-electron chi connectivity index (χ3n) is 6.42. The lowest BCUT2D eigenvalue weighted by molar-refractivity contribution is -0.144. The zero-order valence-corrected chi connectivity index (χ0v) is 15.9. The highest BCUT2D eigenvalue weighted by atomic mass is 16.3. The highest BCUT2D eigenvalue weighted by Gasteiger charge is 2.56. The molecule has 0 heterocycles. The molecular weight excluding hydrogens is 342 g/mol. The number of carbonyl (C=O) groups is 2. The fourth-order valence-electron chi connectivity index (χ4n) is 5.86. The Morgan fingerprint density at radius 3 is 2.37 bits per heavy atom. The lowest BCUT2D eigenvalue weighted by Gasteiger charge is -2.60. The van der Waals surface area contributed by atoms with Gasteiger partial charge < -0.3 is 21.1 Å². The third kappa shape index (κ3) is 4.17. The minimum atomic E-state index is -0.511. The van der Waals surface area contributed by atoms with Crippen LogP contribution in [0.25, 0.3) is 0 Å². The van der Waals surface area contributed by atoms with Crippen LogP contribution in [0.15, 0.2) is 24.3 Å². The molecule has 0 spiro atoms. The molecule has 4 N–H and O–H groups in total. The predicted octanol–water partition coefficient (Wildman–Crippen LogP) is 1.93. The Balaban J connectivity index is 1.26. The van der Waals surface area contributed by atoms with Gasteiger partial charge in [0.2, 0.25) is 11.8 Å². The Morgan fingerprint density at radius 2 is 1.78 bits per heavy atom. The van der Waals surface area contributed by atoms with Crippen molar-refractivity contribution in [1.82, 2.24) is 10.6 Å². The Hall–Kier alpha value is -1.92. The molecule has 4 aliphatic rings. The summed E-state index contributed by atoms with van der Waals surface area (Å²) in [4.78, 5) is 23.4. The van der Waals surface area contributed by atoms with Gasteiger partial charge in [0.1, 0.15) is 0 Å². The summed E-state index contributed by atoms with van der Waals surface area (Å²) in [6, 6.07) is 7.45. The second-order valence-electron chi connectivity index (χ2n) is 8.97. The van der Waals surface area contributed by atoms with Gasteiger partial charge in [-0.3, -0.25) is 9.59 Å². The normalized spacial score (nSPS) is 33.7. The second kappa shape index (κ2) is 6.91. The van der Waals surface area contributed by atoms with E-state index in [4.69, 9.17) is 0 Å². The molecule has 6 nitrogen and oxygen atoms in total. The average molecular weight is 371 g/mol. The van der Waals surface area contributed by atoms with E-state index in [1.165, 1.54) is 13.3 Å². The van der Waals surface area contributed by atoms with Crippen molar-refractivity contribution in [2.24, 2.45) is 11.8 Å². The van der Waals surface area contributed by atoms with Crippen LogP contribution < -0.4 is 16.0 Å². The zero-order chi connectivity index (χ0) is 19.1. The maximum atomic E-state index is 12.3. The van der Waals surface area contributed by atoms with Gasteiger partial charge in [-0.1, -0.05) is 12.1 Å². The SMILES string of the molecule is CC(=O)Nc1ccc(CNC(=O)CNC23CC4CC(CC(O)(C4)C2)C3)cc1. The first-order valence-electron chi connectivity index (χ1n) is 9.94. The fraction of sp³-hybridized carbons (Fsp3) is 0.619. The topological polar surface area (TPSA) is 90.5 Å². The summed E-state index contributed by atoms with van der Waals surface area (Å²) in [6.07, 6.45) is 6.08. The molecule has 4 saturated carbocycles. The standard InChI is InChI=1S/C21H29N3O3/c1-14(25)24-18-4-2-15(3-5-18)11-22-19(26)12-23-20-7-16-6-17(8-20)10-21(27,9-16)13-20/h2-5,16-17,23,27H,6-13H2,1H3,(H,22,26)(H,24,25). The van der Waals surface area contributed by atoms with E-state index in [2.05, 4.69) is 16.0 Å². The molecular formula is C21H29N3O3. The highest BCUT2D eigenvalue weighted by molar-refractivity contribution is 5.88. The van der Waals surface area contributed by atoms with E-state index < -0.39 is 5.60 Å². The lowest BCUT2D eigenvalue weighted by atomic mass is 9.51. The number of aliphatic hydroxyl groups is 1. The lowest BCUT2D eigenvalue weighted by Crippen LogP contribution is -2.65. The van der Waals surface area contributed by atoms with Gasteiger partial charge in [0.15, 0.2) is 0 Å². The van der Waals surface area contributed by atoms with E-state index in [9.17, 15) is 14.7 Å². The van der Waals surface area contributed by atoms with Crippen LogP contribution in [0.3, 0.4) is 0 Å². The van der Waals surface area contributed by atoms with Crippen LogP contribution in [-0.2, 0) is 16.1 Å². The van der Waals surface area contributed by atoms with E-state index in [1.807, 2.05) is 24.3 Å². The summed E-state index contributed by atoms with van der Waals surface area (Å²) in [5.41, 5.74) is 1.17. The Morgan fingerprint density at radius 1 is 1.11 bits per heavy atom. The molecule has 0 aliphatic heterocycles. The highest BCUT2D eigenvalue weighted by Crippen LogP contribution is 2.57. The van der Waals surface area contributed by atoms with Gasteiger partial charge in [0.25, 0.3) is 0 Å². The number of amides is 2. The Bertz CT molecular complexity index is 717. The molecule has 0 aromatic heterocycles. The molecule has 0 saturated heterocycles. The summed E-state index contributed by atoms with van der Waals surface area (Å²) in [6.45, 7) is 2.23. The van der Waals surface area contributed by atoms with Crippen molar-refractivity contribution >= 4 is 17.5 Å². The number of rotatable bonds is 6. The van der Waals surface area contributed by atoms with Crippen LogP contribution in [0.4, 0.5) is 5.69 Å². The number of carbonyl (C=O) groups excluding carboxylic acids is 2. The van der Waals surface area contributed by atoms with E-state index in [0.29, 0.717) is 24.9 Å². The molecule has 2 atom stereocenters. The van der Waals surface area contributed by atoms with Crippen molar-refractivity contribution in [3.8, 4) is 0 Å². The van der Waals surface area contributed by atoms with Crippen LogP contribution in [-0.4, -0.2) is 34.6 Å². The summed E-state index contributed by atoms with van der Waals surface area (Å²) in [5, 5.41) is 20.0. The third-order valence-corrected chi connectivity index (χ3v) is 6.42. The predicted molar refractivity (Wildman–Crippen MR) is 103 cm³/mol. The van der Waals surface area contributed by atoms with Crippen molar-refractivity contribution in [3.63, 3.8) is 0 Å². The van der Waals surface area contributed by atoms with Gasteiger partial charge in [0.05, 0.1) is 12.1 Å². The van der Waals surface area contributed by atoms with Crippen molar-refractivity contribution in [2.45, 2.75) is 63.1 Å². The average Bonchev–Trinajstić information content (AvgIpc) is 2.57. The number of nitrogens with one attached hydrogen (secondary N) is 3. The molecule has 4 aliphatic carbocycles. The molecule has 1 aromatic carbocycles. The molecule has 6 heteroatoms. The number of hydrogen-bond donors (Lipinski definition) is 4. The van der Waals surface area contributed by atoms with Gasteiger partial charge in [-0.15, -0.1) is 0 Å². The molecule has 2 unspecified atom stereocenters. The summed E-state index contributed by atoms with van der Waals surface area (Å²) in [5.74, 6) is 1.09. The number of hydrogen-bond acceptors (Lipinski definition) is 4. The van der Waals surface area contributed by atoms with Crippen molar-refractivity contribution in [2.75, 3.05) is 11.9 Å². The molecule has 0 radical (unpaired) electrons. The smallest absolute Gasteiger partial charge is 0.234 e. The van der Waals surface area contributed by atoms with Crippen molar-refractivity contribution in [1.29, 1.82) is 0 Å². The second-order valence-corrected chi connectivity index (χ2v) is 8.97. The number of anilines is 1. The monoisotopic (exact) mass is 371 g/mol. The first-order valence-corrected chi connectivity index (χ1v) is 9.94. The molecule has 146 valence electrons. The molecule has 1 aromatic rings. The Labute approximate surface area is 160 Å². The minimum Gasteiger partial charge on any atom is -0.390 e. The maximum Gasteiger partial charge on any atom is 0.234 e. The Kier molecular flexibility index (Phi) is 4.72. The molecule has 4 bridgehead atoms. The van der Waals surface area contributed by atoms with E-state index in [1.54, 1.807) is 0 Å². The van der Waals surface area contributed by atoms with Crippen molar-refractivity contribution < 1.29 is 14.7 Å². The van der Waals surface area contributed by atoms with Crippen LogP contribution in [0.1, 0.15) is 51.0 Å². The van der Waals surface area contributed by atoms with Crippen LogP contribution in [0, 0.1) is 11.8 Å². The van der Waals surface area contributed by atoms with E-state index >= 15 is 0 Å². The maximum absolute atomic E-state index is 12.3. The van der Waals surface area contributed by atoms with Gasteiger partial charge in [-0.05, 0) is 68.1 Å². The fourth-order valence-corrected chi connectivity index (χ4v) is 5.86. The summed E-state index contributed by atoms with van der Waals surface area (Å²) in [7, 11) is 0. The van der Waals surface area contributed by atoms with Crippen molar-refractivity contribution in [3.05, 3.63) is 29.8 Å². The van der Waals surface area contributed by atoms with Crippen LogP contribution in [0.2, 0.25) is 0 Å². The van der Waals surface area contributed by atoms with Crippen LogP contribution in [0.5, 0.6) is 0 Å². The molecule has 4 fully saturated rings. The summed E-state index contributed by atoms with van der Waals surface area (Å²) < 4.78 is 0. The van der Waals surface area contributed by atoms with E-state index in [0.717, 1.165) is 43.4 Å². The first-order chi connectivity index (χ1) is 12.8. The number of benzene rings is 1. The first kappa shape index (κ1) is 18.4. The summed E-state index contributed by atoms with van der Waals surface area (Å²) >= 11 is 0. The van der Waals surface area contributed by atoms with E-state index in [-0.39, 0.29) is 17.4 Å². The van der Waals surface area contributed by atoms with Gasteiger partial charge in [-0.2, -0.15) is 0 Å². The minimum absolute atomic E-state index is 0.0244. The quantitative estimate of drug-likeness (QED) is 0.615. The van der Waals surface area contributed by atoms with Gasteiger partial charge >= 0.3 is 0 Å². The van der Waals surface area contributed by atoms with Gasteiger partial charge in [-0.25, -0.2) is 0 Å².